The minimum absolute atomic E-state index is 0.673. The monoisotopic (exact) mass is 274 g/mol. The lowest BCUT2D eigenvalue weighted by Gasteiger charge is -2.33. The average Bonchev–Trinajstić information content (AvgIpc) is 2.52. The van der Waals surface area contributed by atoms with E-state index in [0.717, 1.165) is 6.04 Å². The maximum atomic E-state index is 3.66. The third-order valence-corrected chi connectivity index (χ3v) is 4.52. The summed E-state index contributed by atoms with van der Waals surface area (Å²) in [6.45, 7) is 9.55. The molecule has 1 atom stereocenters. The fraction of sp³-hybridized carbons (Fsp3) is 0.667. The first-order valence-electron chi connectivity index (χ1n) is 8.30. The second-order valence-corrected chi connectivity index (χ2v) is 6.17. The summed E-state index contributed by atoms with van der Waals surface area (Å²) in [5, 5.41) is 3.66. The van der Waals surface area contributed by atoms with Gasteiger partial charge in [-0.25, -0.2) is 0 Å². The van der Waals surface area contributed by atoms with E-state index in [4.69, 9.17) is 0 Å². The van der Waals surface area contributed by atoms with Gasteiger partial charge in [-0.2, -0.15) is 0 Å². The molecule has 0 radical (unpaired) electrons. The lowest BCUT2D eigenvalue weighted by Crippen LogP contribution is -2.43. The molecule has 2 nitrogen and oxygen atoms in total. The topological polar surface area (TPSA) is 15.3 Å². The minimum Gasteiger partial charge on any atom is -0.314 e. The van der Waals surface area contributed by atoms with Gasteiger partial charge in [-0.15, -0.1) is 0 Å². The van der Waals surface area contributed by atoms with E-state index >= 15 is 0 Å². The van der Waals surface area contributed by atoms with E-state index in [-0.39, 0.29) is 0 Å². The van der Waals surface area contributed by atoms with E-state index in [2.05, 4.69) is 54.4 Å². The normalized spacial score (nSPS) is 19.1. The Morgan fingerprint density at radius 2 is 1.90 bits per heavy atom. The van der Waals surface area contributed by atoms with E-state index in [1.54, 1.807) is 0 Å². The summed E-state index contributed by atoms with van der Waals surface area (Å²) in [4.78, 5) is 2.64. The number of hydrogen-bond acceptors (Lipinski definition) is 2. The zero-order valence-electron chi connectivity index (χ0n) is 13.1. The molecule has 20 heavy (non-hydrogen) atoms. The van der Waals surface area contributed by atoms with Crippen LogP contribution in [0.25, 0.3) is 0 Å². The fourth-order valence-corrected chi connectivity index (χ4v) is 3.03. The van der Waals surface area contributed by atoms with Crippen molar-refractivity contribution in [3.8, 4) is 0 Å². The summed E-state index contributed by atoms with van der Waals surface area (Å²) in [7, 11) is 0. The third-order valence-electron chi connectivity index (χ3n) is 4.52. The summed E-state index contributed by atoms with van der Waals surface area (Å²) < 4.78 is 0. The van der Waals surface area contributed by atoms with Crippen molar-refractivity contribution in [2.75, 3.05) is 26.2 Å². The highest BCUT2D eigenvalue weighted by molar-refractivity contribution is 5.18. The first-order chi connectivity index (χ1) is 9.79. The lowest BCUT2D eigenvalue weighted by molar-refractivity contribution is 0.193. The second-order valence-electron chi connectivity index (χ2n) is 6.17. The molecule has 1 aromatic carbocycles. The molecule has 0 aromatic heterocycles. The molecule has 2 rings (SSSR count). The van der Waals surface area contributed by atoms with Crippen molar-refractivity contribution < 1.29 is 0 Å². The molecule has 1 unspecified atom stereocenters. The predicted molar refractivity (Wildman–Crippen MR) is 87.2 cm³/mol. The van der Waals surface area contributed by atoms with Gasteiger partial charge in [0.25, 0.3) is 0 Å². The molecule has 0 spiro atoms. The van der Waals surface area contributed by atoms with Gasteiger partial charge >= 0.3 is 0 Å². The Morgan fingerprint density at radius 1 is 1.20 bits per heavy atom. The van der Waals surface area contributed by atoms with Crippen LogP contribution >= 0.6 is 0 Å². The number of nitrogens with one attached hydrogen (secondary N) is 1. The first kappa shape index (κ1) is 15.5. The van der Waals surface area contributed by atoms with E-state index < -0.39 is 0 Å². The summed E-state index contributed by atoms with van der Waals surface area (Å²) in [5.41, 5.74) is 1.48. The van der Waals surface area contributed by atoms with Crippen molar-refractivity contribution in [3.05, 3.63) is 35.9 Å². The van der Waals surface area contributed by atoms with Crippen LogP contribution in [0.15, 0.2) is 30.3 Å². The number of nitrogens with zero attached hydrogens (tertiary/aromatic N) is 1. The van der Waals surface area contributed by atoms with Crippen LogP contribution in [0.4, 0.5) is 0 Å². The molecule has 1 heterocycles. The van der Waals surface area contributed by atoms with Crippen LogP contribution in [0.1, 0.15) is 51.0 Å². The fourth-order valence-electron chi connectivity index (χ4n) is 3.03. The van der Waals surface area contributed by atoms with Crippen LogP contribution < -0.4 is 5.32 Å². The molecule has 0 bridgehead atoms. The molecule has 1 aliphatic heterocycles. The molecule has 0 amide bonds. The highest BCUT2D eigenvalue weighted by atomic mass is 15.1. The van der Waals surface area contributed by atoms with E-state index in [0.29, 0.717) is 5.92 Å². The van der Waals surface area contributed by atoms with Crippen molar-refractivity contribution in [1.29, 1.82) is 0 Å². The Balaban J connectivity index is 1.66. The first-order valence-corrected chi connectivity index (χ1v) is 8.30. The number of benzene rings is 1. The van der Waals surface area contributed by atoms with Crippen molar-refractivity contribution in [3.63, 3.8) is 0 Å². The minimum atomic E-state index is 0.673. The zero-order valence-corrected chi connectivity index (χ0v) is 13.1. The van der Waals surface area contributed by atoms with Crippen LogP contribution in [-0.2, 0) is 0 Å². The summed E-state index contributed by atoms with van der Waals surface area (Å²) >= 11 is 0. The Kier molecular flexibility index (Phi) is 6.55. The number of rotatable bonds is 7. The number of piperidine rings is 1. The molecule has 1 fully saturated rings. The molecule has 1 N–H and O–H groups in total. The van der Waals surface area contributed by atoms with E-state index in [1.165, 1.54) is 57.4 Å². The Morgan fingerprint density at radius 3 is 2.55 bits per heavy atom. The van der Waals surface area contributed by atoms with Crippen LogP contribution in [0.3, 0.4) is 0 Å². The maximum absolute atomic E-state index is 3.66. The Labute approximate surface area is 124 Å². The molecule has 1 aromatic rings. The smallest absolute Gasteiger partial charge is 0.00914 e. The second kappa shape index (κ2) is 8.43. The van der Waals surface area contributed by atoms with Gasteiger partial charge < -0.3 is 10.2 Å². The van der Waals surface area contributed by atoms with Gasteiger partial charge in [-0.1, -0.05) is 44.2 Å². The lowest BCUT2D eigenvalue weighted by atomic mass is 9.97. The standard InChI is InChI=1S/C18H30N2/c1-3-12-19-18-10-14-20(15-11-18)13-9-16(2)17-7-5-4-6-8-17/h4-8,16,18-19H,3,9-15H2,1-2H3. The van der Waals surface area contributed by atoms with E-state index in [1.807, 2.05) is 0 Å². The van der Waals surface area contributed by atoms with Gasteiger partial charge in [0.05, 0.1) is 0 Å². The molecule has 1 saturated heterocycles. The number of hydrogen-bond donors (Lipinski definition) is 1. The molecule has 0 aliphatic carbocycles. The van der Waals surface area contributed by atoms with Crippen LogP contribution in [-0.4, -0.2) is 37.1 Å². The van der Waals surface area contributed by atoms with Gasteiger partial charge in [0, 0.05) is 6.04 Å². The average molecular weight is 274 g/mol. The van der Waals surface area contributed by atoms with Gasteiger partial charge in [-0.3, -0.25) is 0 Å². The highest BCUT2D eigenvalue weighted by Gasteiger charge is 2.18. The molecular formula is C18H30N2. The highest BCUT2D eigenvalue weighted by Crippen LogP contribution is 2.20. The summed E-state index contributed by atoms with van der Waals surface area (Å²) in [5.74, 6) is 0.673. The van der Waals surface area contributed by atoms with Crippen molar-refractivity contribution in [2.45, 2.75) is 51.5 Å². The van der Waals surface area contributed by atoms with Gasteiger partial charge in [0.1, 0.15) is 0 Å². The van der Waals surface area contributed by atoms with Gasteiger partial charge in [0.15, 0.2) is 0 Å². The van der Waals surface area contributed by atoms with Crippen LogP contribution in [0, 0.1) is 0 Å². The van der Waals surface area contributed by atoms with E-state index in [9.17, 15) is 0 Å². The molecule has 2 heteroatoms. The Hall–Kier alpha value is -0.860. The molecule has 1 aliphatic rings. The Bertz CT molecular complexity index is 355. The summed E-state index contributed by atoms with van der Waals surface area (Å²) in [6, 6.07) is 11.7. The predicted octanol–water partition coefficient (Wildman–Crippen LogP) is 3.64. The summed E-state index contributed by atoms with van der Waals surface area (Å²) in [6.07, 6.45) is 5.16. The third kappa shape index (κ3) is 4.92. The van der Waals surface area contributed by atoms with Gasteiger partial charge in [0.2, 0.25) is 0 Å². The van der Waals surface area contributed by atoms with Crippen molar-refractivity contribution >= 4 is 0 Å². The van der Waals surface area contributed by atoms with Crippen LogP contribution in [0.5, 0.6) is 0 Å². The van der Waals surface area contributed by atoms with Gasteiger partial charge in [-0.05, 0) is 63.3 Å². The SMILES string of the molecule is CCCNC1CCN(CCC(C)c2ccccc2)CC1. The quantitative estimate of drug-likeness (QED) is 0.816. The van der Waals surface area contributed by atoms with Crippen LogP contribution in [0.2, 0.25) is 0 Å². The molecule has 112 valence electrons. The molecule has 0 saturated carbocycles. The number of likely N-dealkylation sites (tertiary alicyclic amines) is 1. The van der Waals surface area contributed by atoms with Crippen molar-refractivity contribution in [2.24, 2.45) is 0 Å². The maximum Gasteiger partial charge on any atom is 0.00914 e. The van der Waals surface area contributed by atoms with Crippen molar-refractivity contribution in [1.82, 2.24) is 10.2 Å². The zero-order chi connectivity index (χ0) is 14.2. The largest absolute Gasteiger partial charge is 0.314 e. The molecular weight excluding hydrogens is 244 g/mol.